The summed E-state index contributed by atoms with van der Waals surface area (Å²) < 4.78 is 5.15. The van der Waals surface area contributed by atoms with Crippen LogP contribution >= 0.6 is 23.1 Å². The maximum atomic E-state index is 12.1. The number of methoxy groups -OCH3 is 1. The summed E-state index contributed by atoms with van der Waals surface area (Å²) in [7, 11) is 1.63. The van der Waals surface area contributed by atoms with Gasteiger partial charge in [0, 0.05) is 24.0 Å². The van der Waals surface area contributed by atoms with Gasteiger partial charge in [-0.25, -0.2) is 4.98 Å². The number of likely N-dealkylation sites (tertiary alicyclic amines) is 1. The van der Waals surface area contributed by atoms with Gasteiger partial charge in [0.1, 0.15) is 5.75 Å². The van der Waals surface area contributed by atoms with E-state index in [1.165, 1.54) is 29.5 Å². The topological polar surface area (TPSA) is 71.5 Å². The maximum Gasteiger partial charge on any atom is 0.236 e. The molecule has 1 aromatic carbocycles. The minimum atomic E-state index is -0.137. The molecule has 0 spiro atoms. The fourth-order valence-corrected chi connectivity index (χ4v) is 4.30. The van der Waals surface area contributed by atoms with Crippen molar-refractivity contribution < 1.29 is 14.3 Å². The van der Waals surface area contributed by atoms with Crippen LogP contribution in [0.15, 0.2) is 29.6 Å². The number of nitrogens with zero attached hydrogens (tertiary/aromatic N) is 2. The molecule has 6 nitrogen and oxygen atoms in total. The molecule has 3 rings (SSSR count). The molecule has 1 aliphatic rings. The van der Waals surface area contributed by atoms with E-state index in [2.05, 4.69) is 10.3 Å². The lowest BCUT2D eigenvalue weighted by atomic mass is 10.1. The van der Waals surface area contributed by atoms with Crippen molar-refractivity contribution in [1.29, 1.82) is 0 Å². The Bertz CT molecular complexity index is 771. The molecule has 2 amide bonds. The van der Waals surface area contributed by atoms with Gasteiger partial charge in [-0.15, -0.1) is 23.1 Å². The molecule has 8 heteroatoms. The Balaban J connectivity index is 1.44. The summed E-state index contributed by atoms with van der Waals surface area (Å²) in [5, 5.41) is 5.28. The molecule has 0 atom stereocenters. The zero-order chi connectivity index (χ0) is 19.1. The number of thioether (sulfide) groups is 1. The predicted octanol–water partition coefficient (Wildman–Crippen LogP) is 3.50. The van der Waals surface area contributed by atoms with Gasteiger partial charge in [0.05, 0.1) is 24.3 Å². The van der Waals surface area contributed by atoms with Gasteiger partial charge >= 0.3 is 0 Å². The van der Waals surface area contributed by atoms with Crippen LogP contribution in [0.3, 0.4) is 0 Å². The molecule has 0 bridgehead atoms. The van der Waals surface area contributed by atoms with Crippen LogP contribution in [0.4, 0.5) is 5.13 Å². The van der Waals surface area contributed by atoms with Crippen molar-refractivity contribution in [2.24, 2.45) is 0 Å². The van der Waals surface area contributed by atoms with Gasteiger partial charge < -0.3 is 15.0 Å². The summed E-state index contributed by atoms with van der Waals surface area (Å²) in [5.74, 6) is 1.38. The number of rotatable bonds is 7. The van der Waals surface area contributed by atoms with Crippen LogP contribution in [-0.2, 0) is 9.59 Å². The number of amides is 2. The number of benzene rings is 1. The van der Waals surface area contributed by atoms with Crippen molar-refractivity contribution in [2.75, 3.05) is 37.0 Å². The van der Waals surface area contributed by atoms with E-state index in [1.54, 1.807) is 7.11 Å². The number of nitrogens with one attached hydrogen (secondary N) is 1. The molecule has 1 N–H and O–H groups in total. The first-order valence-corrected chi connectivity index (χ1v) is 10.9. The fourth-order valence-electron chi connectivity index (χ4n) is 2.85. The lowest BCUT2D eigenvalue weighted by Gasteiger charge is -2.26. The molecule has 1 saturated heterocycles. The summed E-state index contributed by atoms with van der Waals surface area (Å²) in [6.45, 7) is 1.69. The largest absolute Gasteiger partial charge is 0.497 e. The Hall–Kier alpha value is -2.06. The number of ether oxygens (including phenoxy) is 1. The highest BCUT2D eigenvalue weighted by Gasteiger charge is 2.17. The van der Waals surface area contributed by atoms with Crippen molar-refractivity contribution in [1.82, 2.24) is 9.88 Å². The lowest BCUT2D eigenvalue weighted by molar-refractivity contribution is -0.129. The number of aromatic nitrogens is 1. The van der Waals surface area contributed by atoms with Crippen LogP contribution in [0.1, 0.15) is 19.3 Å². The first kappa shape index (κ1) is 19.7. The van der Waals surface area contributed by atoms with Crippen LogP contribution < -0.4 is 10.1 Å². The molecule has 1 aromatic heterocycles. The van der Waals surface area contributed by atoms with Gasteiger partial charge in [-0.05, 0) is 43.5 Å². The molecular weight excluding hydrogens is 382 g/mol. The second-order valence-corrected chi connectivity index (χ2v) is 8.09. The van der Waals surface area contributed by atoms with Crippen molar-refractivity contribution in [2.45, 2.75) is 19.3 Å². The lowest BCUT2D eigenvalue weighted by Crippen LogP contribution is -2.37. The molecule has 1 aliphatic heterocycles. The van der Waals surface area contributed by atoms with Crippen molar-refractivity contribution >= 4 is 40.0 Å². The number of piperidine rings is 1. The molecule has 27 heavy (non-hydrogen) atoms. The van der Waals surface area contributed by atoms with Crippen molar-refractivity contribution in [3.05, 3.63) is 29.6 Å². The highest BCUT2D eigenvalue weighted by Crippen LogP contribution is 2.26. The molecule has 2 heterocycles. The average Bonchev–Trinajstić information content (AvgIpc) is 3.17. The predicted molar refractivity (Wildman–Crippen MR) is 110 cm³/mol. The Labute approximate surface area is 167 Å². The molecule has 0 saturated carbocycles. The molecule has 0 aliphatic carbocycles. The number of hydrogen-bond acceptors (Lipinski definition) is 6. The van der Waals surface area contributed by atoms with Gasteiger partial charge in [0.15, 0.2) is 5.13 Å². The minimum absolute atomic E-state index is 0.128. The first-order chi connectivity index (χ1) is 13.2. The number of anilines is 1. The molecule has 0 unspecified atom stereocenters. The molecular formula is C19H23N3O3S2. The zero-order valence-electron chi connectivity index (χ0n) is 15.3. The molecule has 1 fully saturated rings. The number of carbonyl (C=O) groups is 2. The van der Waals surface area contributed by atoms with E-state index in [1.807, 2.05) is 34.5 Å². The Morgan fingerprint density at radius 2 is 1.93 bits per heavy atom. The Kier molecular flexibility index (Phi) is 7.11. The van der Waals surface area contributed by atoms with Gasteiger partial charge in [-0.2, -0.15) is 0 Å². The Morgan fingerprint density at radius 1 is 1.19 bits per heavy atom. The smallest absolute Gasteiger partial charge is 0.236 e. The van der Waals surface area contributed by atoms with E-state index in [0.717, 1.165) is 42.9 Å². The maximum absolute atomic E-state index is 12.1. The first-order valence-electron chi connectivity index (χ1n) is 8.91. The van der Waals surface area contributed by atoms with Crippen molar-refractivity contribution in [3.8, 4) is 17.0 Å². The molecule has 144 valence electrons. The summed E-state index contributed by atoms with van der Waals surface area (Å²) in [6.07, 6.45) is 3.36. The normalized spacial score (nSPS) is 14.0. The van der Waals surface area contributed by atoms with Crippen molar-refractivity contribution in [3.63, 3.8) is 0 Å². The number of hydrogen-bond donors (Lipinski definition) is 1. The van der Waals surface area contributed by atoms with Crippen LogP contribution in [0.2, 0.25) is 0 Å². The van der Waals surface area contributed by atoms with E-state index >= 15 is 0 Å². The van der Waals surface area contributed by atoms with E-state index < -0.39 is 0 Å². The number of carbonyl (C=O) groups excluding carboxylic acids is 2. The third-order valence-electron chi connectivity index (χ3n) is 4.30. The third-order valence-corrected chi connectivity index (χ3v) is 5.98. The van der Waals surface area contributed by atoms with E-state index in [4.69, 9.17) is 4.74 Å². The zero-order valence-corrected chi connectivity index (χ0v) is 16.9. The summed E-state index contributed by atoms with van der Waals surface area (Å²) >= 11 is 2.74. The summed E-state index contributed by atoms with van der Waals surface area (Å²) in [4.78, 5) is 30.5. The van der Waals surface area contributed by atoms with Crippen LogP contribution in [-0.4, -0.2) is 53.4 Å². The summed E-state index contributed by atoms with van der Waals surface area (Å²) in [6, 6.07) is 7.62. The number of thiazole rings is 1. The quantitative estimate of drug-likeness (QED) is 0.763. The SMILES string of the molecule is COc1ccc(-c2csc(NC(=O)CSCC(=O)N3CCCCC3)n2)cc1. The van der Waals surface area contributed by atoms with Gasteiger partial charge in [-0.3, -0.25) is 9.59 Å². The molecule has 0 radical (unpaired) electrons. The van der Waals surface area contributed by atoms with Crippen LogP contribution in [0.25, 0.3) is 11.3 Å². The van der Waals surface area contributed by atoms with Gasteiger partial charge in [0.25, 0.3) is 0 Å². The van der Waals surface area contributed by atoms with Crippen LogP contribution in [0.5, 0.6) is 5.75 Å². The highest BCUT2D eigenvalue weighted by atomic mass is 32.2. The average molecular weight is 406 g/mol. The van der Waals surface area contributed by atoms with E-state index in [9.17, 15) is 9.59 Å². The summed E-state index contributed by atoms with van der Waals surface area (Å²) in [5.41, 5.74) is 1.78. The van der Waals surface area contributed by atoms with E-state index in [-0.39, 0.29) is 17.6 Å². The monoisotopic (exact) mass is 405 g/mol. The highest BCUT2D eigenvalue weighted by molar-refractivity contribution is 8.00. The second-order valence-electron chi connectivity index (χ2n) is 6.25. The Morgan fingerprint density at radius 3 is 2.63 bits per heavy atom. The second kappa shape index (κ2) is 9.75. The fraction of sp³-hybridized carbons (Fsp3) is 0.421. The van der Waals surface area contributed by atoms with Gasteiger partial charge in [-0.1, -0.05) is 0 Å². The van der Waals surface area contributed by atoms with E-state index in [0.29, 0.717) is 10.9 Å². The third kappa shape index (κ3) is 5.71. The van der Waals surface area contributed by atoms with Crippen LogP contribution in [0, 0.1) is 0 Å². The molecule has 2 aromatic rings. The van der Waals surface area contributed by atoms with Gasteiger partial charge in [0.2, 0.25) is 11.8 Å². The standard InChI is InChI=1S/C19H23N3O3S2/c1-25-15-7-5-14(6-8-15)16-11-27-19(20-16)21-17(23)12-26-13-18(24)22-9-3-2-4-10-22/h5-8,11H,2-4,9-10,12-13H2,1H3,(H,20,21,23). The minimum Gasteiger partial charge on any atom is -0.497 e.